The van der Waals surface area contributed by atoms with Gasteiger partial charge in [0.25, 0.3) is 5.91 Å². The minimum absolute atomic E-state index is 0. The summed E-state index contributed by atoms with van der Waals surface area (Å²) < 4.78 is 29.1. The van der Waals surface area contributed by atoms with Gasteiger partial charge in [-0.2, -0.15) is 0 Å². The predicted octanol–water partition coefficient (Wildman–Crippen LogP) is 5.22. The Bertz CT molecular complexity index is 1160. The fraction of sp³-hybridized carbons (Fsp3) is 0.130. The van der Waals surface area contributed by atoms with E-state index in [1.54, 1.807) is 30.5 Å². The van der Waals surface area contributed by atoms with E-state index in [-0.39, 0.29) is 23.8 Å². The number of pyridine rings is 1. The number of fused-ring (bicyclic) bond motifs is 1. The number of hydrogen-bond acceptors (Lipinski definition) is 2. The third-order valence-corrected chi connectivity index (χ3v) is 4.76. The van der Waals surface area contributed by atoms with Crippen molar-refractivity contribution in [3.05, 3.63) is 90.1 Å². The Labute approximate surface area is 179 Å². The summed E-state index contributed by atoms with van der Waals surface area (Å²) in [7, 11) is 0. The first-order valence-electron chi connectivity index (χ1n) is 9.36. The predicted molar refractivity (Wildman–Crippen MR) is 116 cm³/mol. The summed E-state index contributed by atoms with van der Waals surface area (Å²) in [6.07, 6.45) is 2.36. The number of nitrogens with zero attached hydrogens (tertiary/aromatic N) is 2. The van der Waals surface area contributed by atoms with Gasteiger partial charge in [-0.05, 0) is 66.6 Å². The lowest BCUT2D eigenvalue weighted by atomic mass is 10.1. The van der Waals surface area contributed by atoms with Gasteiger partial charge in [0.15, 0.2) is 0 Å². The molecule has 2 aromatic carbocycles. The summed E-state index contributed by atoms with van der Waals surface area (Å²) in [5, 5.41) is 3.74. The monoisotopic (exact) mass is 427 g/mol. The number of carbonyl (C=O) groups is 1. The van der Waals surface area contributed by atoms with Crippen LogP contribution in [-0.4, -0.2) is 22.0 Å². The smallest absolute Gasteiger partial charge is 0.254 e. The average molecular weight is 428 g/mol. The van der Waals surface area contributed by atoms with Gasteiger partial charge in [-0.3, -0.25) is 4.79 Å². The van der Waals surface area contributed by atoms with E-state index < -0.39 is 11.7 Å². The van der Waals surface area contributed by atoms with Crippen molar-refractivity contribution in [2.24, 2.45) is 0 Å². The van der Waals surface area contributed by atoms with Crippen LogP contribution in [0.5, 0.6) is 0 Å². The number of aromatic nitrogens is 2. The van der Waals surface area contributed by atoms with Crippen LogP contribution < -0.4 is 5.32 Å². The van der Waals surface area contributed by atoms with E-state index in [2.05, 4.69) is 14.9 Å². The number of rotatable bonds is 6. The Kier molecular flexibility index (Phi) is 6.79. The number of halogens is 3. The third kappa shape index (κ3) is 4.49. The first-order valence-corrected chi connectivity index (χ1v) is 9.36. The van der Waals surface area contributed by atoms with Gasteiger partial charge in [0, 0.05) is 24.7 Å². The highest BCUT2D eigenvalue weighted by molar-refractivity contribution is 5.94. The number of hydrogen-bond donors (Lipinski definition) is 1. The Morgan fingerprint density at radius 2 is 1.77 bits per heavy atom. The molecule has 154 valence electrons. The maximum Gasteiger partial charge on any atom is 0.254 e. The number of benzene rings is 2. The maximum atomic E-state index is 13.7. The summed E-state index contributed by atoms with van der Waals surface area (Å²) in [5.41, 5.74) is 2.68. The molecule has 0 aliphatic heterocycles. The first-order chi connectivity index (χ1) is 14.1. The van der Waals surface area contributed by atoms with Gasteiger partial charge in [-0.1, -0.05) is 12.1 Å². The molecule has 1 N–H and O–H groups in total. The summed E-state index contributed by atoms with van der Waals surface area (Å²) in [4.78, 5) is 16.6. The maximum absolute atomic E-state index is 13.7. The van der Waals surface area contributed by atoms with Crippen molar-refractivity contribution in [2.75, 3.05) is 6.54 Å². The fourth-order valence-corrected chi connectivity index (χ4v) is 3.35. The van der Waals surface area contributed by atoms with Crippen LogP contribution in [0.4, 0.5) is 8.78 Å². The second-order valence-corrected chi connectivity index (χ2v) is 6.69. The molecule has 2 aromatic heterocycles. The number of aryl methyl sites for hydroxylation is 1. The zero-order chi connectivity index (χ0) is 20.2. The van der Waals surface area contributed by atoms with Gasteiger partial charge in [0.1, 0.15) is 17.3 Å². The molecular formula is C23H20ClF2N3O. The van der Waals surface area contributed by atoms with Crippen LogP contribution in [-0.2, 0) is 6.54 Å². The molecule has 0 aliphatic carbocycles. The molecule has 2 heterocycles. The topological polar surface area (TPSA) is 46.9 Å². The molecule has 0 fully saturated rings. The molecule has 4 nitrogen and oxygen atoms in total. The van der Waals surface area contributed by atoms with Crippen LogP contribution >= 0.6 is 12.4 Å². The average Bonchev–Trinajstić information content (AvgIpc) is 3.10. The number of nitrogens with one attached hydrogen (secondary N) is 1. The summed E-state index contributed by atoms with van der Waals surface area (Å²) >= 11 is 0. The van der Waals surface area contributed by atoms with Crippen LogP contribution in [0, 0.1) is 11.6 Å². The molecule has 0 spiro atoms. The molecule has 4 rings (SSSR count). The largest absolute Gasteiger partial charge is 0.352 e. The molecular weight excluding hydrogens is 408 g/mol. The number of carbonyl (C=O) groups excluding carboxylic acids is 1. The van der Waals surface area contributed by atoms with E-state index in [0.29, 0.717) is 19.5 Å². The second kappa shape index (κ2) is 9.50. The molecule has 7 heteroatoms. The minimum Gasteiger partial charge on any atom is -0.352 e. The molecule has 1 amide bonds. The van der Waals surface area contributed by atoms with Gasteiger partial charge < -0.3 is 9.88 Å². The molecule has 0 saturated carbocycles. The Morgan fingerprint density at radius 3 is 2.53 bits per heavy atom. The van der Waals surface area contributed by atoms with Crippen molar-refractivity contribution in [3.8, 4) is 11.3 Å². The van der Waals surface area contributed by atoms with E-state index in [1.807, 2.05) is 18.2 Å². The van der Waals surface area contributed by atoms with Crippen LogP contribution in [0.1, 0.15) is 16.8 Å². The van der Waals surface area contributed by atoms with Gasteiger partial charge in [0.05, 0.1) is 11.3 Å². The molecule has 0 radical (unpaired) electrons. The highest BCUT2D eigenvalue weighted by atomic mass is 35.5. The van der Waals surface area contributed by atoms with Crippen molar-refractivity contribution < 1.29 is 13.6 Å². The van der Waals surface area contributed by atoms with E-state index >= 15 is 0 Å². The van der Waals surface area contributed by atoms with Gasteiger partial charge >= 0.3 is 0 Å². The van der Waals surface area contributed by atoms with Crippen molar-refractivity contribution in [1.29, 1.82) is 0 Å². The van der Waals surface area contributed by atoms with Gasteiger partial charge in [0.2, 0.25) is 0 Å². The zero-order valence-electron chi connectivity index (χ0n) is 16.0. The normalized spacial score (nSPS) is 10.6. The summed E-state index contributed by atoms with van der Waals surface area (Å²) in [6, 6.07) is 18.1. The van der Waals surface area contributed by atoms with Crippen molar-refractivity contribution in [1.82, 2.24) is 14.9 Å². The fourth-order valence-electron chi connectivity index (χ4n) is 3.35. The molecule has 0 saturated heterocycles. The van der Waals surface area contributed by atoms with Crippen molar-refractivity contribution in [3.63, 3.8) is 0 Å². The lowest BCUT2D eigenvalue weighted by molar-refractivity contribution is 0.0949. The lowest BCUT2D eigenvalue weighted by Gasteiger charge is -2.11. The summed E-state index contributed by atoms with van der Waals surface area (Å²) in [5.74, 6) is -1.26. The molecule has 4 aromatic rings. The summed E-state index contributed by atoms with van der Waals surface area (Å²) in [6.45, 7) is 0.993. The molecule has 0 bridgehead atoms. The zero-order valence-corrected chi connectivity index (χ0v) is 16.8. The molecule has 0 aliphatic rings. The third-order valence-electron chi connectivity index (χ3n) is 4.76. The number of amides is 1. The Hall–Kier alpha value is -3.25. The Morgan fingerprint density at radius 1 is 1.00 bits per heavy atom. The van der Waals surface area contributed by atoms with Crippen LogP contribution in [0.3, 0.4) is 0 Å². The Balaban J connectivity index is 0.00000256. The quantitative estimate of drug-likeness (QED) is 0.429. The van der Waals surface area contributed by atoms with E-state index in [4.69, 9.17) is 0 Å². The van der Waals surface area contributed by atoms with E-state index in [1.165, 1.54) is 24.3 Å². The second-order valence-electron chi connectivity index (χ2n) is 6.69. The van der Waals surface area contributed by atoms with Crippen molar-refractivity contribution in [2.45, 2.75) is 13.0 Å². The highest BCUT2D eigenvalue weighted by Crippen LogP contribution is 2.27. The van der Waals surface area contributed by atoms with Gasteiger partial charge in [-0.15, -0.1) is 12.4 Å². The SMILES string of the molecule is Cl.O=C(NCCCn1c(-c2ccc(F)cc2)cc2cccnc21)c1ccccc1F. The highest BCUT2D eigenvalue weighted by Gasteiger charge is 2.13. The van der Waals surface area contributed by atoms with Crippen LogP contribution in [0.15, 0.2) is 72.9 Å². The lowest BCUT2D eigenvalue weighted by Crippen LogP contribution is -2.26. The van der Waals surface area contributed by atoms with Crippen LogP contribution in [0.2, 0.25) is 0 Å². The van der Waals surface area contributed by atoms with Crippen molar-refractivity contribution >= 4 is 29.3 Å². The standard InChI is InChI=1S/C23H19F2N3O.ClH/c24-18-10-8-16(9-11-18)21-15-17-5-3-12-26-22(17)28(21)14-4-13-27-23(29)19-6-1-2-7-20(19)25;/h1-3,5-12,15H,4,13-14H2,(H,27,29);1H. The molecule has 0 atom stereocenters. The van der Waals surface area contributed by atoms with Gasteiger partial charge in [-0.25, -0.2) is 13.8 Å². The molecule has 0 unspecified atom stereocenters. The first kappa shape index (κ1) is 21.5. The van der Waals surface area contributed by atoms with Crippen LogP contribution in [0.25, 0.3) is 22.3 Å². The van der Waals surface area contributed by atoms with E-state index in [0.717, 1.165) is 22.3 Å². The van der Waals surface area contributed by atoms with E-state index in [9.17, 15) is 13.6 Å². The minimum atomic E-state index is -0.538. The molecule has 30 heavy (non-hydrogen) atoms.